The Balaban J connectivity index is 2.65. The summed E-state index contributed by atoms with van der Waals surface area (Å²) in [5.74, 6) is 0.696. The van der Waals surface area contributed by atoms with Gasteiger partial charge in [0, 0.05) is 17.9 Å². The van der Waals surface area contributed by atoms with Gasteiger partial charge in [-0.1, -0.05) is 27.7 Å². The number of nitrogens with zero attached hydrogens (tertiary/aromatic N) is 2. The van der Waals surface area contributed by atoms with Crippen LogP contribution in [-0.2, 0) is 24.1 Å². The van der Waals surface area contributed by atoms with Gasteiger partial charge in [0.1, 0.15) is 0 Å². The predicted molar refractivity (Wildman–Crippen MR) is 85.5 cm³/mol. The number of hydrogen-bond acceptors (Lipinski definition) is 2. The third-order valence-electron chi connectivity index (χ3n) is 3.53. The smallest absolute Gasteiger partial charge is 0.0671 e. The van der Waals surface area contributed by atoms with Crippen molar-refractivity contribution < 1.29 is 4.74 Å². The molecule has 1 atom stereocenters. The molecule has 0 aliphatic rings. The molecule has 1 aromatic heterocycles. The highest BCUT2D eigenvalue weighted by atomic mass is 35.5. The van der Waals surface area contributed by atoms with E-state index >= 15 is 0 Å². The highest BCUT2D eigenvalue weighted by Gasteiger charge is 2.18. The van der Waals surface area contributed by atoms with Gasteiger partial charge < -0.3 is 4.74 Å². The fraction of sp³-hybridized carbons (Fsp3) is 0.812. The van der Waals surface area contributed by atoms with Crippen LogP contribution in [0.5, 0.6) is 0 Å². The summed E-state index contributed by atoms with van der Waals surface area (Å²) in [7, 11) is 0. The van der Waals surface area contributed by atoms with E-state index in [4.69, 9.17) is 21.4 Å². The zero-order valence-corrected chi connectivity index (χ0v) is 14.3. The molecule has 1 unspecified atom stereocenters. The highest BCUT2D eigenvalue weighted by Crippen LogP contribution is 2.28. The Bertz CT molecular complexity index is 399. The van der Waals surface area contributed by atoms with Gasteiger partial charge in [-0.3, -0.25) is 4.68 Å². The first-order valence-corrected chi connectivity index (χ1v) is 8.25. The predicted octanol–water partition coefficient (Wildman–Crippen LogP) is 4.37. The van der Waals surface area contributed by atoms with Gasteiger partial charge in [-0.2, -0.15) is 5.10 Å². The monoisotopic (exact) mass is 300 g/mol. The van der Waals surface area contributed by atoms with Crippen LogP contribution in [0, 0.1) is 5.92 Å². The van der Waals surface area contributed by atoms with Crippen LogP contribution in [-0.4, -0.2) is 23.0 Å². The van der Waals surface area contributed by atoms with Gasteiger partial charge >= 0.3 is 0 Å². The first-order chi connectivity index (χ1) is 9.51. The minimum absolute atomic E-state index is 0.0236. The maximum absolute atomic E-state index is 6.32. The van der Waals surface area contributed by atoms with Gasteiger partial charge in [-0.25, -0.2) is 0 Å². The fourth-order valence-electron chi connectivity index (χ4n) is 2.42. The topological polar surface area (TPSA) is 27.1 Å². The maximum Gasteiger partial charge on any atom is 0.0671 e. The fourth-order valence-corrected chi connectivity index (χ4v) is 2.67. The van der Waals surface area contributed by atoms with Crippen LogP contribution >= 0.6 is 11.6 Å². The number of aryl methyl sites for hydroxylation is 1. The Morgan fingerprint density at radius 1 is 1.15 bits per heavy atom. The van der Waals surface area contributed by atoms with Gasteiger partial charge in [0.25, 0.3) is 0 Å². The van der Waals surface area contributed by atoms with Crippen molar-refractivity contribution in [1.82, 2.24) is 9.78 Å². The van der Waals surface area contributed by atoms with Crippen molar-refractivity contribution in [2.24, 2.45) is 5.92 Å². The molecule has 4 heteroatoms. The highest BCUT2D eigenvalue weighted by molar-refractivity contribution is 6.20. The van der Waals surface area contributed by atoms with Crippen molar-refractivity contribution >= 4 is 11.6 Å². The molecule has 0 bridgehead atoms. The second-order valence-electron chi connectivity index (χ2n) is 5.65. The van der Waals surface area contributed by atoms with Crippen molar-refractivity contribution in [1.29, 1.82) is 0 Å². The molecule has 0 amide bonds. The van der Waals surface area contributed by atoms with Crippen molar-refractivity contribution in [2.45, 2.75) is 65.8 Å². The van der Waals surface area contributed by atoms with Gasteiger partial charge in [0.15, 0.2) is 0 Å². The minimum atomic E-state index is 0.0236. The molecule has 1 rings (SSSR count). The maximum atomic E-state index is 6.32. The SMILES string of the molecule is CCc1nn(CCOCCC(C)C)c(CC)c1C(C)Cl. The number of aromatic nitrogens is 2. The molecular formula is C16H29ClN2O. The normalized spacial score (nSPS) is 13.2. The van der Waals surface area contributed by atoms with Gasteiger partial charge in [0.2, 0.25) is 0 Å². The summed E-state index contributed by atoms with van der Waals surface area (Å²) >= 11 is 6.32. The summed E-state index contributed by atoms with van der Waals surface area (Å²) < 4.78 is 7.78. The number of rotatable bonds is 9. The lowest BCUT2D eigenvalue weighted by Gasteiger charge is -2.10. The van der Waals surface area contributed by atoms with E-state index in [9.17, 15) is 0 Å². The summed E-state index contributed by atoms with van der Waals surface area (Å²) in [6, 6.07) is 0. The summed E-state index contributed by atoms with van der Waals surface area (Å²) in [5.41, 5.74) is 3.61. The van der Waals surface area contributed by atoms with Crippen LogP contribution in [0.1, 0.15) is 63.4 Å². The third kappa shape index (κ3) is 4.78. The second-order valence-corrected chi connectivity index (χ2v) is 6.30. The lowest BCUT2D eigenvalue weighted by atomic mass is 10.1. The quantitative estimate of drug-likeness (QED) is 0.500. The molecule has 20 heavy (non-hydrogen) atoms. The van der Waals surface area contributed by atoms with Gasteiger partial charge in [-0.05, 0) is 32.1 Å². The Morgan fingerprint density at radius 2 is 1.85 bits per heavy atom. The first kappa shape index (κ1) is 17.5. The molecular weight excluding hydrogens is 272 g/mol. The van der Waals surface area contributed by atoms with Crippen molar-refractivity contribution in [3.05, 3.63) is 17.0 Å². The van der Waals surface area contributed by atoms with E-state index in [1.165, 1.54) is 11.3 Å². The molecule has 0 saturated carbocycles. The minimum Gasteiger partial charge on any atom is -0.380 e. The molecule has 1 heterocycles. The number of hydrogen-bond donors (Lipinski definition) is 0. The largest absolute Gasteiger partial charge is 0.380 e. The van der Waals surface area contributed by atoms with Crippen LogP contribution in [0.2, 0.25) is 0 Å². The zero-order chi connectivity index (χ0) is 15.1. The molecule has 0 radical (unpaired) electrons. The van der Waals surface area contributed by atoms with E-state index in [1.807, 2.05) is 6.92 Å². The zero-order valence-electron chi connectivity index (χ0n) is 13.6. The van der Waals surface area contributed by atoms with Crippen LogP contribution in [0.25, 0.3) is 0 Å². The molecule has 0 N–H and O–H groups in total. The first-order valence-electron chi connectivity index (χ1n) is 7.81. The van der Waals surface area contributed by atoms with E-state index in [0.29, 0.717) is 5.92 Å². The Labute approximate surface area is 128 Å². The van der Waals surface area contributed by atoms with E-state index in [2.05, 4.69) is 32.4 Å². The summed E-state index contributed by atoms with van der Waals surface area (Å²) in [5, 5.41) is 4.73. The third-order valence-corrected chi connectivity index (χ3v) is 3.75. The molecule has 3 nitrogen and oxygen atoms in total. The van der Waals surface area contributed by atoms with E-state index in [0.717, 1.165) is 44.7 Å². The van der Waals surface area contributed by atoms with E-state index < -0.39 is 0 Å². The molecule has 116 valence electrons. The summed E-state index contributed by atoms with van der Waals surface area (Å²) in [6.45, 7) is 13.1. The van der Waals surface area contributed by atoms with Crippen molar-refractivity contribution in [2.75, 3.05) is 13.2 Å². The summed E-state index contributed by atoms with van der Waals surface area (Å²) in [4.78, 5) is 0. The average molecular weight is 301 g/mol. The standard InChI is InChI=1S/C16H29ClN2O/c1-6-14-16(13(5)17)15(7-2)19(18-14)9-11-20-10-8-12(3)4/h12-13H,6-11H2,1-5H3. The van der Waals surface area contributed by atoms with Crippen molar-refractivity contribution in [3.63, 3.8) is 0 Å². The molecule has 0 saturated heterocycles. The van der Waals surface area contributed by atoms with Crippen LogP contribution in [0.3, 0.4) is 0 Å². The van der Waals surface area contributed by atoms with E-state index in [-0.39, 0.29) is 5.38 Å². The molecule has 0 aromatic carbocycles. The molecule has 0 fully saturated rings. The summed E-state index contributed by atoms with van der Waals surface area (Å²) in [6.07, 6.45) is 3.01. The second kappa shape index (κ2) is 8.68. The number of alkyl halides is 1. The molecule has 0 aliphatic heterocycles. The van der Waals surface area contributed by atoms with Crippen LogP contribution in [0.15, 0.2) is 0 Å². The van der Waals surface area contributed by atoms with Crippen molar-refractivity contribution in [3.8, 4) is 0 Å². The number of ether oxygens (including phenoxy) is 1. The lowest BCUT2D eigenvalue weighted by Crippen LogP contribution is -2.12. The number of halogens is 1. The Hall–Kier alpha value is -0.540. The van der Waals surface area contributed by atoms with Crippen LogP contribution < -0.4 is 0 Å². The molecule has 1 aromatic rings. The van der Waals surface area contributed by atoms with Crippen LogP contribution in [0.4, 0.5) is 0 Å². The molecule has 0 aliphatic carbocycles. The Kier molecular flexibility index (Phi) is 7.60. The lowest BCUT2D eigenvalue weighted by molar-refractivity contribution is 0.113. The van der Waals surface area contributed by atoms with Gasteiger partial charge in [0.05, 0.1) is 24.2 Å². The molecule has 0 spiro atoms. The van der Waals surface area contributed by atoms with Gasteiger partial charge in [-0.15, -0.1) is 11.6 Å². The average Bonchev–Trinajstić information content (AvgIpc) is 2.75. The Morgan fingerprint density at radius 3 is 2.35 bits per heavy atom. The van der Waals surface area contributed by atoms with E-state index in [1.54, 1.807) is 0 Å².